The molecule has 0 aliphatic carbocycles. The molecule has 0 saturated heterocycles. The first-order chi connectivity index (χ1) is 5.26. The van der Waals surface area contributed by atoms with Crippen LogP contribution >= 0.6 is 11.6 Å². The summed E-state index contributed by atoms with van der Waals surface area (Å²) in [6, 6.07) is 0. The summed E-state index contributed by atoms with van der Waals surface area (Å²) in [4.78, 5) is 14.3. The van der Waals surface area contributed by atoms with Gasteiger partial charge < -0.3 is 0 Å². The summed E-state index contributed by atoms with van der Waals surface area (Å²) in [7, 11) is 6.59. The van der Waals surface area contributed by atoms with Crippen molar-refractivity contribution in [1.29, 1.82) is 0 Å². The number of hydrogen-bond acceptors (Lipinski definition) is 5. The molecular weight excluding hydrogens is 164 g/mol. The van der Waals surface area contributed by atoms with Crippen LogP contribution in [0.5, 0.6) is 0 Å². The van der Waals surface area contributed by atoms with Gasteiger partial charge in [-0.25, -0.2) is 0 Å². The molecule has 55 valence electrons. The van der Waals surface area contributed by atoms with Crippen LogP contribution in [0.2, 0.25) is 5.28 Å². The Morgan fingerprint density at radius 2 is 2.18 bits per heavy atom. The number of nitrogens with zero attached hydrogens (tertiary/aromatic N) is 4. The first kappa shape index (κ1) is 8.07. The molecule has 0 aliphatic rings. The van der Waals surface area contributed by atoms with E-state index >= 15 is 0 Å². The monoisotopic (exact) mass is 168 g/mol. The molecule has 11 heavy (non-hydrogen) atoms. The molecule has 0 fully saturated rings. The molecule has 1 rings (SSSR count). The summed E-state index contributed by atoms with van der Waals surface area (Å²) >= 11 is 5.49. The van der Waals surface area contributed by atoms with Crippen LogP contribution in [-0.4, -0.2) is 29.6 Å². The zero-order valence-electron chi connectivity index (χ0n) is 5.74. The van der Waals surface area contributed by atoms with E-state index < -0.39 is 0 Å². The molecule has 0 aliphatic heterocycles. The predicted molar refractivity (Wildman–Crippen MR) is 42.2 cm³/mol. The van der Waals surface area contributed by atoms with E-state index in [1.807, 2.05) is 0 Å². The molecular formula is C4H4BClN5. The molecule has 0 atom stereocenters. The van der Waals surface area contributed by atoms with Crippen molar-refractivity contribution in [3.63, 3.8) is 0 Å². The molecule has 1 heterocycles. The standard InChI is InChI=1S/C4H4BClN5/c1-7-3-8-2(6)9-4(10-3)11-5/h1H3,(H,7,8,9,10). The van der Waals surface area contributed by atoms with Crippen molar-refractivity contribution in [2.24, 2.45) is 4.90 Å². The third-order valence-electron chi connectivity index (χ3n) is 0.935. The molecule has 0 saturated carbocycles. The van der Waals surface area contributed by atoms with Crippen molar-refractivity contribution in [2.45, 2.75) is 0 Å². The van der Waals surface area contributed by atoms with Crippen molar-refractivity contribution in [3.8, 4) is 0 Å². The van der Waals surface area contributed by atoms with Gasteiger partial charge in [0.25, 0.3) is 0 Å². The van der Waals surface area contributed by atoms with Crippen molar-refractivity contribution in [3.05, 3.63) is 5.28 Å². The van der Waals surface area contributed by atoms with Gasteiger partial charge in [0.2, 0.25) is 0 Å². The number of anilines is 1. The first-order valence-corrected chi connectivity index (χ1v) is 3.14. The van der Waals surface area contributed by atoms with Gasteiger partial charge in [-0.15, -0.1) is 0 Å². The first-order valence-electron chi connectivity index (χ1n) is 2.76. The zero-order valence-corrected chi connectivity index (χ0v) is 6.50. The summed E-state index contributed by atoms with van der Waals surface area (Å²) in [5, 5.41) is 2.74. The average Bonchev–Trinajstić information content (AvgIpc) is 2.03. The molecule has 7 heteroatoms. The van der Waals surface area contributed by atoms with Crippen molar-refractivity contribution < 1.29 is 0 Å². The van der Waals surface area contributed by atoms with Crippen LogP contribution in [0, 0.1) is 0 Å². The maximum absolute atomic E-state index is 5.49. The molecule has 0 aromatic carbocycles. The second-order valence-corrected chi connectivity index (χ2v) is 1.95. The van der Waals surface area contributed by atoms with Crippen molar-refractivity contribution in [1.82, 2.24) is 15.0 Å². The normalized spacial score (nSPS) is 9.18. The van der Waals surface area contributed by atoms with Crippen LogP contribution in [-0.2, 0) is 0 Å². The summed E-state index contributed by atoms with van der Waals surface area (Å²) < 4.78 is 0. The molecule has 1 radical (unpaired) electrons. The van der Waals surface area contributed by atoms with Gasteiger partial charge in [-0.05, 0) is 0 Å². The van der Waals surface area contributed by atoms with Gasteiger partial charge in [-0.1, -0.05) is 0 Å². The van der Waals surface area contributed by atoms with Gasteiger partial charge in [0.1, 0.15) is 0 Å². The Balaban J connectivity index is 3.11. The fourth-order valence-electron chi connectivity index (χ4n) is 0.509. The van der Waals surface area contributed by atoms with Crippen LogP contribution in [0.4, 0.5) is 11.9 Å². The fourth-order valence-corrected chi connectivity index (χ4v) is 0.665. The zero-order chi connectivity index (χ0) is 8.27. The van der Waals surface area contributed by atoms with Gasteiger partial charge in [0, 0.05) is 0 Å². The predicted octanol–water partition coefficient (Wildman–Crippen LogP) is 0.550. The molecule has 1 aromatic rings. The maximum atomic E-state index is 5.49. The van der Waals surface area contributed by atoms with Crippen LogP contribution in [0.25, 0.3) is 0 Å². The van der Waals surface area contributed by atoms with Gasteiger partial charge in [0.05, 0.1) is 0 Å². The Labute approximate surface area is 69.4 Å². The van der Waals surface area contributed by atoms with Gasteiger partial charge >= 0.3 is 68.6 Å². The van der Waals surface area contributed by atoms with E-state index in [0.717, 1.165) is 0 Å². The van der Waals surface area contributed by atoms with Crippen molar-refractivity contribution >= 4 is 31.1 Å². The van der Waals surface area contributed by atoms with Crippen LogP contribution in [0.1, 0.15) is 0 Å². The topological polar surface area (TPSA) is 63.1 Å². The van der Waals surface area contributed by atoms with E-state index in [9.17, 15) is 0 Å². The summed E-state index contributed by atoms with van der Waals surface area (Å²) in [6.45, 7) is 0. The average molecular weight is 168 g/mol. The SMILES string of the molecule is [B]=Nc1nc(Cl)nc(NC)n1. The van der Waals surface area contributed by atoms with Gasteiger partial charge in [-0.3, -0.25) is 0 Å². The van der Waals surface area contributed by atoms with E-state index in [-0.39, 0.29) is 11.2 Å². The molecule has 0 spiro atoms. The Morgan fingerprint density at radius 3 is 2.73 bits per heavy atom. The third kappa shape index (κ3) is 1.94. The summed E-state index contributed by atoms with van der Waals surface area (Å²) in [5.41, 5.74) is 0. The molecule has 5 nitrogen and oxygen atoms in total. The number of aromatic nitrogens is 3. The Hall–Kier alpha value is -1.04. The van der Waals surface area contributed by atoms with Crippen LogP contribution < -0.4 is 5.32 Å². The Bertz CT molecular complexity index is 277. The van der Waals surface area contributed by atoms with E-state index in [1.54, 1.807) is 7.05 Å². The second-order valence-electron chi connectivity index (χ2n) is 1.61. The Morgan fingerprint density at radius 1 is 1.45 bits per heavy atom. The van der Waals surface area contributed by atoms with E-state index in [4.69, 9.17) is 19.2 Å². The molecule has 0 amide bonds. The number of nitrogens with one attached hydrogen (secondary N) is 1. The fraction of sp³-hybridized carbons (Fsp3) is 0.250. The third-order valence-corrected chi connectivity index (χ3v) is 1.10. The molecule has 1 N–H and O–H groups in total. The van der Waals surface area contributed by atoms with Gasteiger partial charge in [0.15, 0.2) is 0 Å². The minimum absolute atomic E-state index is 0.0635. The van der Waals surface area contributed by atoms with Crippen LogP contribution in [0.3, 0.4) is 0 Å². The second kappa shape index (κ2) is 3.38. The molecule has 0 bridgehead atoms. The van der Waals surface area contributed by atoms with Gasteiger partial charge in [-0.2, -0.15) is 0 Å². The molecule has 1 aromatic heterocycles. The summed E-state index contributed by atoms with van der Waals surface area (Å²) in [5.74, 6) is 0.448. The number of rotatable bonds is 2. The number of hydrogen-bond donors (Lipinski definition) is 1. The van der Waals surface area contributed by atoms with Crippen molar-refractivity contribution in [2.75, 3.05) is 12.4 Å². The number of halogens is 1. The molecule has 0 unspecified atom stereocenters. The van der Waals surface area contributed by atoms with E-state index in [2.05, 4.69) is 25.2 Å². The summed E-state index contributed by atoms with van der Waals surface area (Å²) in [6.07, 6.45) is 0. The minimum atomic E-state index is 0.0635. The Kier molecular flexibility index (Phi) is 2.48. The quantitative estimate of drug-likeness (QED) is 0.655. The van der Waals surface area contributed by atoms with E-state index in [0.29, 0.717) is 5.95 Å². The van der Waals surface area contributed by atoms with Crippen LogP contribution in [0.15, 0.2) is 4.90 Å². The van der Waals surface area contributed by atoms with E-state index in [1.165, 1.54) is 0 Å².